The number of likely N-dealkylation sites (tertiary alicyclic amines) is 1. The molecular weight excluding hydrogens is 441 g/mol. The maximum absolute atomic E-state index is 13.1. The van der Waals surface area contributed by atoms with Gasteiger partial charge in [0, 0.05) is 19.2 Å². The number of hydrogen-bond donors (Lipinski definition) is 1. The molecule has 1 aliphatic heterocycles. The van der Waals surface area contributed by atoms with E-state index in [9.17, 15) is 14.0 Å². The highest BCUT2D eigenvalue weighted by Crippen LogP contribution is 2.40. The quantitative estimate of drug-likeness (QED) is 0.589. The second-order valence-corrected chi connectivity index (χ2v) is 8.76. The Balaban J connectivity index is 1.09. The molecule has 1 saturated carbocycles. The lowest BCUT2D eigenvalue weighted by Gasteiger charge is -2.19. The highest BCUT2D eigenvalue weighted by Gasteiger charge is 2.43. The van der Waals surface area contributed by atoms with Gasteiger partial charge < -0.3 is 24.6 Å². The maximum atomic E-state index is 13.1. The van der Waals surface area contributed by atoms with Gasteiger partial charge in [-0.15, -0.1) is 0 Å². The van der Waals surface area contributed by atoms with Crippen LogP contribution < -0.4 is 10.5 Å². The van der Waals surface area contributed by atoms with Crippen LogP contribution in [0.25, 0.3) is 11.1 Å². The number of ether oxygens (including phenoxy) is 2. The summed E-state index contributed by atoms with van der Waals surface area (Å²) in [5.41, 5.74) is 7.08. The zero-order valence-corrected chi connectivity index (χ0v) is 18.4. The Morgan fingerprint density at radius 2 is 1.65 bits per heavy atom. The molecule has 8 nitrogen and oxygen atoms in total. The molecule has 2 fully saturated rings. The third kappa shape index (κ3) is 4.73. The normalized spacial score (nSPS) is 21.3. The van der Waals surface area contributed by atoms with Crippen molar-refractivity contribution >= 4 is 12.0 Å². The van der Waals surface area contributed by atoms with E-state index in [-0.39, 0.29) is 30.0 Å². The number of rotatable bonds is 6. The Bertz CT molecular complexity index is 1160. The predicted octanol–water partition coefficient (Wildman–Crippen LogP) is 4.01. The summed E-state index contributed by atoms with van der Waals surface area (Å²) in [7, 11) is 0. The zero-order valence-electron chi connectivity index (χ0n) is 18.4. The monoisotopic (exact) mass is 465 g/mol. The zero-order chi connectivity index (χ0) is 23.7. The maximum Gasteiger partial charge on any atom is 0.410 e. The standard InChI is InChI=1S/C25H24FN3O5/c26-19-5-1-15(2-6-19)16-3-7-20(8-4-16)33-21-9-17-12-29(13-18(17)10-21)25(31)32-14-22-11-23(24(27)30)28-34-22/h1-8,11,17-18,21H,9-10,12-14H2,(H2,27,30)/t17-,18+,21-. The van der Waals surface area contributed by atoms with Gasteiger partial charge in [-0.1, -0.05) is 29.4 Å². The largest absolute Gasteiger partial charge is 0.490 e. The summed E-state index contributed by atoms with van der Waals surface area (Å²) in [4.78, 5) is 25.2. The molecule has 1 aliphatic carbocycles. The van der Waals surface area contributed by atoms with Crippen molar-refractivity contribution in [2.45, 2.75) is 25.6 Å². The molecule has 1 aromatic heterocycles. The van der Waals surface area contributed by atoms with Gasteiger partial charge in [0.15, 0.2) is 18.1 Å². The molecule has 2 aliphatic rings. The lowest BCUT2D eigenvalue weighted by Crippen LogP contribution is -2.31. The van der Waals surface area contributed by atoms with Crippen LogP contribution in [0.2, 0.25) is 0 Å². The number of benzene rings is 2. The van der Waals surface area contributed by atoms with Crippen molar-refractivity contribution in [1.82, 2.24) is 10.1 Å². The van der Waals surface area contributed by atoms with E-state index in [4.69, 9.17) is 19.7 Å². The summed E-state index contributed by atoms with van der Waals surface area (Å²) in [5.74, 6) is 0.839. The Hall–Kier alpha value is -3.88. The first kappa shape index (κ1) is 21.9. The molecule has 3 atom stereocenters. The summed E-state index contributed by atoms with van der Waals surface area (Å²) in [5, 5.41) is 3.52. The minimum Gasteiger partial charge on any atom is -0.490 e. The molecule has 0 radical (unpaired) electrons. The van der Waals surface area contributed by atoms with Crippen molar-refractivity contribution in [3.63, 3.8) is 0 Å². The van der Waals surface area contributed by atoms with Crippen LogP contribution in [-0.4, -0.2) is 41.3 Å². The van der Waals surface area contributed by atoms with Crippen LogP contribution in [0.3, 0.4) is 0 Å². The number of aromatic nitrogens is 1. The molecule has 176 valence electrons. The van der Waals surface area contributed by atoms with Crippen LogP contribution in [0.15, 0.2) is 59.1 Å². The average Bonchev–Trinajstić information content (AvgIpc) is 3.54. The number of carbonyl (C=O) groups excluding carboxylic acids is 2. The van der Waals surface area contributed by atoms with E-state index in [0.29, 0.717) is 24.9 Å². The van der Waals surface area contributed by atoms with Crippen molar-refractivity contribution in [2.75, 3.05) is 13.1 Å². The van der Waals surface area contributed by atoms with Gasteiger partial charge in [-0.25, -0.2) is 9.18 Å². The minimum atomic E-state index is -0.700. The van der Waals surface area contributed by atoms with Gasteiger partial charge in [0.2, 0.25) is 0 Å². The fourth-order valence-electron chi connectivity index (χ4n) is 4.77. The third-order valence-electron chi connectivity index (χ3n) is 6.45. The van der Waals surface area contributed by atoms with Gasteiger partial charge in [-0.05, 0) is 60.1 Å². The van der Waals surface area contributed by atoms with Crippen LogP contribution in [0, 0.1) is 17.7 Å². The van der Waals surface area contributed by atoms with Crippen molar-refractivity contribution in [2.24, 2.45) is 17.6 Å². The number of nitrogens with zero attached hydrogens (tertiary/aromatic N) is 2. The highest BCUT2D eigenvalue weighted by molar-refractivity contribution is 5.90. The fraction of sp³-hybridized carbons (Fsp3) is 0.320. The first-order valence-corrected chi connectivity index (χ1v) is 11.1. The Morgan fingerprint density at radius 1 is 1.03 bits per heavy atom. The van der Waals surface area contributed by atoms with Crippen LogP contribution in [0.4, 0.5) is 9.18 Å². The Kier molecular flexibility index (Phi) is 5.91. The topological polar surface area (TPSA) is 108 Å². The van der Waals surface area contributed by atoms with E-state index in [1.54, 1.807) is 17.0 Å². The van der Waals surface area contributed by atoms with E-state index in [1.807, 2.05) is 24.3 Å². The smallest absolute Gasteiger partial charge is 0.410 e. The molecule has 9 heteroatoms. The van der Waals surface area contributed by atoms with Crippen LogP contribution in [0.5, 0.6) is 5.75 Å². The molecule has 1 saturated heterocycles. The van der Waals surface area contributed by atoms with E-state index in [1.165, 1.54) is 18.2 Å². The molecule has 2 heterocycles. The summed E-state index contributed by atoms with van der Waals surface area (Å²) in [6.07, 6.45) is 1.43. The number of nitrogens with two attached hydrogens (primary N) is 1. The third-order valence-corrected chi connectivity index (χ3v) is 6.45. The van der Waals surface area contributed by atoms with Gasteiger partial charge in [-0.3, -0.25) is 4.79 Å². The van der Waals surface area contributed by atoms with E-state index in [0.717, 1.165) is 29.7 Å². The number of hydrogen-bond acceptors (Lipinski definition) is 6. The molecule has 0 unspecified atom stereocenters. The van der Waals surface area contributed by atoms with E-state index in [2.05, 4.69) is 5.16 Å². The van der Waals surface area contributed by atoms with Crippen LogP contribution in [-0.2, 0) is 11.3 Å². The van der Waals surface area contributed by atoms with Gasteiger partial charge in [0.1, 0.15) is 11.6 Å². The van der Waals surface area contributed by atoms with Crippen molar-refractivity contribution in [1.29, 1.82) is 0 Å². The molecule has 2 amide bonds. The summed E-state index contributed by atoms with van der Waals surface area (Å²) < 4.78 is 29.6. The SMILES string of the molecule is NC(=O)c1cc(COC(=O)N2C[C@H]3C[C@@H](Oc4ccc(-c5ccc(F)cc5)cc4)C[C@H]3C2)on1. The highest BCUT2D eigenvalue weighted by atomic mass is 19.1. The number of amides is 2. The summed E-state index contributed by atoms with van der Waals surface area (Å²) >= 11 is 0. The van der Waals surface area contributed by atoms with Crippen LogP contribution >= 0.6 is 0 Å². The molecule has 2 aromatic carbocycles. The first-order chi connectivity index (χ1) is 16.4. The van der Waals surface area contributed by atoms with Gasteiger partial charge >= 0.3 is 6.09 Å². The Morgan fingerprint density at radius 3 is 2.24 bits per heavy atom. The lowest BCUT2D eigenvalue weighted by molar-refractivity contribution is 0.0899. The minimum absolute atomic E-state index is 0.00195. The molecule has 2 N–H and O–H groups in total. The van der Waals surface area contributed by atoms with Gasteiger partial charge in [-0.2, -0.15) is 0 Å². The molecule has 5 rings (SSSR count). The van der Waals surface area contributed by atoms with E-state index >= 15 is 0 Å². The second kappa shape index (κ2) is 9.17. The van der Waals surface area contributed by atoms with Crippen molar-refractivity contribution in [3.05, 3.63) is 71.9 Å². The number of halogens is 1. The number of fused-ring (bicyclic) bond motifs is 1. The predicted molar refractivity (Wildman–Crippen MR) is 119 cm³/mol. The van der Waals surface area contributed by atoms with Crippen molar-refractivity contribution in [3.8, 4) is 16.9 Å². The molecule has 34 heavy (non-hydrogen) atoms. The fourth-order valence-corrected chi connectivity index (χ4v) is 4.77. The number of primary amides is 1. The first-order valence-electron chi connectivity index (χ1n) is 11.1. The van der Waals surface area contributed by atoms with Gasteiger partial charge in [0.05, 0.1) is 6.10 Å². The Labute approximate surface area is 195 Å². The molecule has 3 aromatic rings. The summed E-state index contributed by atoms with van der Waals surface area (Å²) in [6, 6.07) is 15.6. The lowest BCUT2D eigenvalue weighted by atomic mass is 10.0. The van der Waals surface area contributed by atoms with Crippen molar-refractivity contribution < 1.29 is 28.0 Å². The molecule has 0 spiro atoms. The van der Waals surface area contributed by atoms with Gasteiger partial charge in [0.25, 0.3) is 5.91 Å². The summed E-state index contributed by atoms with van der Waals surface area (Å²) in [6.45, 7) is 1.14. The molecular formula is C25H24FN3O5. The number of carbonyl (C=O) groups is 2. The second-order valence-electron chi connectivity index (χ2n) is 8.76. The van der Waals surface area contributed by atoms with Crippen LogP contribution in [0.1, 0.15) is 29.1 Å². The van der Waals surface area contributed by atoms with E-state index < -0.39 is 12.0 Å². The average molecular weight is 465 g/mol. The molecule has 0 bridgehead atoms.